The number of rotatable bonds is 6. The Morgan fingerprint density at radius 2 is 1.74 bits per heavy atom. The highest BCUT2D eigenvalue weighted by atomic mass is 32.1. The molecule has 5 rings (SSSR count). The van der Waals surface area contributed by atoms with Crippen molar-refractivity contribution in [3.05, 3.63) is 105 Å². The van der Waals surface area contributed by atoms with E-state index in [4.69, 9.17) is 22.0 Å². The number of fused-ring (bicyclic) bond motifs is 2. The summed E-state index contributed by atoms with van der Waals surface area (Å²) in [6, 6.07) is 20.9. The van der Waals surface area contributed by atoms with E-state index in [2.05, 4.69) is 15.6 Å². The lowest BCUT2D eigenvalue weighted by molar-refractivity contribution is 0.0697. The van der Waals surface area contributed by atoms with Gasteiger partial charge in [-0.25, -0.2) is 4.79 Å². The van der Waals surface area contributed by atoms with Gasteiger partial charge in [0.15, 0.2) is 15.5 Å². The molecule has 2 aliphatic rings. The van der Waals surface area contributed by atoms with Crippen LogP contribution in [-0.4, -0.2) is 27.8 Å². The predicted molar refractivity (Wildman–Crippen MR) is 152 cm³/mol. The molecule has 3 aromatic rings. The summed E-state index contributed by atoms with van der Waals surface area (Å²) in [5, 5.41) is 35.9. The van der Waals surface area contributed by atoms with Crippen LogP contribution in [0.3, 0.4) is 0 Å². The highest BCUT2D eigenvalue weighted by Gasteiger charge is 2.22. The van der Waals surface area contributed by atoms with Crippen LogP contribution in [-0.2, 0) is 6.42 Å². The first kappa shape index (κ1) is 25.4. The zero-order chi connectivity index (χ0) is 27.5. The van der Waals surface area contributed by atoms with Crippen molar-refractivity contribution in [2.45, 2.75) is 6.42 Å². The smallest absolute Gasteiger partial charge is 0.385 e. The number of diazo groups is 1. The summed E-state index contributed by atoms with van der Waals surface area (Å²) >= 11 is 5.39. The molecule has 0 aromatic heterocycles. The summed E-state index contributed by atoms with van der Waals surface area (Å²) in [5.41, 5.74) is 3.61. The number of aromatic carboxylic acids is 1. The third kappa shape index (κ3) is 5.39. The standard InChI is InChI=1S/C29H20N4O5S/c30-33-17-3-1-16(2-4-17)11-12-31-29(39)32-18-5-8-21(24(13-18)28(36)37)27-22-9-6-19(34)14-25(22)38-26-15-20(35)7-10-23(26)27/h1-10,13-15H,11-12H2,(H3-,31,32,34,35,36,37,39)/p+1. The number of nitrogens with one attached hydrogen (secondary N) is 2. The number of nitrogens with zero attached hydrogens (tertiary/aromatic N) is 2. The van der Waals surface area contributed by atoms with Gasteiger partial charge in [0.1, 0.15) is 17.1 Å². The van der Waals surface area contributed by atoms with Crippen molar-refractivity contribution < 1.29 is 19.4 Å². The van der Waals surface area contributed by atoms with Crippen molar-refractivity contribution in [3.63, 3.8) is 0 Å². The largest absolute Gasteiger partial charge is 0.508 e. The van der Waals surface area contributed by atoms with Gasteiger partial charge < -0.3 is 25.3 Å². The molecule has 0 unspecified atom stereocenters. The Bertz CT molecular complexity index is 1810. The number of hydrogen-bond donors (Lipinski definition) is 4. The maximum Gasteiger partial charge on any atom is 0.385 e. The van der Waals surface area contributed by atoms with E-state index in [0.717, 1.165) is 5.56 Å². The van der Waals surface area contributed by atoms with E-state index in [-0.39, 0.29) is 22.5 Å². The predicted octanol–water partition coefficient (Wildman–Crippen LogP) is 5.98. The Labute approximate surface area is 227 Å². The van der Waals surface area contributed by atoms with Crippen LogP contribution in [0.15, 0.2) is 88.1 Å². The van der Waals surface area contributed by atoms with Crippen LogP contribution in [0.5, 0.6) is 5.75 Å². The van der Waals surface area contributed by atoms with Crippen molar-refractivity contribution >= 4 is 45.6 Å². The summed E-state index contributed by atoms with van der Waals surface area (Å²) in [5.74, 6) is -0.890. The van der Waals surface area contributed by atoms with Crippen LogP contribution in [0.4, 0.5) is 11.4 Å². The van der Waals surface area contributed by atoms with E-state index < -0.39 is 5.97 Å². The third-order valence-corrected chi connectivity index (χ3v) is 6.45. The lowest BCUT2D eigenvalue weighted by Crippen LogP contribution is -2.30. The van der Waals surface area contributed by atoms with E-state index >= 15 is 0 Å². The summed E-state index contributed by atoms with van der Waals surface area (Å²) < 4.78 is 5.87. The van der Waals surface area contributed by atoms with Crippen molar-refractivity contribution in [1.29, 1.82) is 5.39 Å². The number of aromatic hydroxyl groups is 1. The molecule has 3 aromatic carbocycles. The number of benzene rings is 4. The van der Waals surface area contributed by atoms with E-state index in [1.807, 2.05) is 12.1 Å². The van der Waals surface area contributed by atoms with Gasteiger partial charge in [0, 0.05) is 53.0 Å². The molecule has 1 heterocycles. The van der Waals surface area contributed by atoms with Crippen LogP contribution in [0.1, 0.15) is 15.9 Å². The number of carboxylic acids is 1. The Morgan fingerprint density at radius 3 is 2.49 bits per heavy atom. The molecule has 0 spiro atoms. The number of carbonyl (C=O) groups is 1. The molecule has 0 amide bonds. The molecule has 0 saturated carbocycles. The van der Waals surface area contributed by atoms with E-state index in [1.165, 1.54) is 30.3 Å². The summed E-state index contributed by atoms with van der Waals surface area (Å²) in [7, 11) is 0. The SMILES string of the molecule is N#[N+]c1ccc(CCNC(=S)Nc2ccc(-c3c4ccc(=O)cc-4oc4cc(O)ccc34)c(C(=O)O)c2)cc1. The summed E-state index contributed by atoms with van der Waals surface area (Å²) in [6.45, 7) is 0.533. The lowest BCUT2D eigenvalue weighted by atomic mass is 9.90. The molecule has 0 atom stereocenters. The van der Waals surface area contributed by atoms with Crippen LogP contribution in [0, 0.1) is 5.39 Å². The van der Waals surface area contributed by atoms with Gasteiger partial charge >= 0.3 is 11.7 Å². The average Bonchev–Trinajstić information content (AvgIpc) is 2.92. The highest BCUT2D eigenvalue weighted by Crippen LogP contribution is 2.42. The first-order valence-electron chi connectivity index (χ1n) is 11.9. The molecular weight excluding hydrogens is 516 g/mol. The number of anilines is 1. The lowest BCUT2D eigenvalue weighted by Gasteiger charge is -2.18. The molecule has 39 heavy (non-hydrogen) atoms. The first-order chi connectivity index (χ1) is 18.8. The van der Waals surface area contributed by atoms with Crippen LogP contribution in [0.2, 0.25) is 0 Å². The molecular formula is C29H21N4O5S+. The van der Waals surface area contributed by atoms with Gasteiger partial charge in [0.25, 0.3) is 0 Å². The molecule has 4 N–H and O–H groups in total. The van der Waals surface area contributed by atoms with Gasteiger partial charge in [-0.3, -0.25) is 4.79 Å². The van der Waals surface area contributed by atoms with Gasteiger partial charge in [-0.1, -0.05) is 18.2 Å². The zero-order valence-electron chi connectivity index (χ0n) is 20.3. The second kappa shape index (κ2) is 10.6. The normalized spacial score (nSPS) is 10.7. The van der Waals surface area contributed by atoms with Crippen LogP contribution in [0.25, 0.3) is 38.4 Å². The minimum absolute atomic E-state index is 0.0188. The number of hydrogen-bond acceptors (Lipinski definition) is 6. The first-order valence-corrected chi connectivity index (χ1v) is 12.3. The Morgan fingerprint density at radius 1 is 0.974 bits per heavy atom. The fourth-order valence-corrected chi connectivity index (χ4v) is 4.61. The van der Waals surface area contributed by atoms with Gasteiger partial charge in [-0.2, -0.15) is 0 Å². The van der Waals surface area contributed by atoms with E-state index in [9.17, 15) is 19.8 Å². The maximum atomic E-state index is 12.4. The second-order valence-electron chi connectivity index (χ2n) is 8.78. The molecule has 1 aliphatic heterocycles. The van der Waals surface area contributed by atoms with Gasteiger partial charge in [-0.15, -0.1) is 0 Å². The van der Waals surface area contributed by atoms with Crippen molar-refractivity contribution in [2.75, 3.05) is 11.9 Å². The number of phenolic OH excluding ortho intramolecular Hbond substituents is 1. The zero-order valence-corrected chi connectivity index (χ0v) is 21.2. The van der Waals surface area contributed by atoms with Crippen molar-refractivity contribution in [2.24, 2.45) is 0 Å². The Balaban J connectivity index is 1.44. The topological polar surface area (TPSA) is 140 Å². The molecule has 1 aliphatic carbocycles. The number of phenols is 1. The average molecular weight is 538 g/mol. The molecule has 0 saturated heterocycles. The molecule has 10 heteroatoms. The van der Waals surface area contributed by atoms with Crippen molar-refractivity contribution in [3.8, 4) is 28.2 Å². The fourth-order valence-electron chi connectivity index (χ4n) is 4.39. The Hall–Kier alpha value is -5.27. The van der Waals surface area contributed by atoms with Gasteiger partial charge in [0.05, 0.1) is 5.56 Å². The third-order valence-electron chi connectivity index (χ3n) is 6.21. The van der Waals surface area contributed by atoms with E-state index in [0.29, 0.717) is 57.1 Å². The molecule has 0 radical (unpaired) electrons. The number of thiocarbonyl (C=S) groups is 1. The molecule has 9 nitrogen and oxygen atoms in total. The van der Waals surface area contributed by atoms with Gasteiger partial charge in [-0.05, 0) is 66.2 Å². The van der Waals surface area contributed by atoms with Crippen molar-refractivity contribution in [1.82, 2.24) is 5.32 Å². The van der Waals surface area contributed by atoms with Crippen LogP contribution < -0.4 is 16.1 Å². The maximum absolute atomic E-state index is 12.4. The number of carboxylic acid groups (broad SMARTS) is 1. The van der Waals surface area contributed by atoms with E-state index in [1.54, 1.807) is 36.4 Å². The highest BCUT2D eigenvalue weighted by molar-refractivity contribution is 7.80. The Kier molecular flexibility index (Phi) is 6.91. The molecule has 192 valence electrons. The van der Waals surface area contributed by atoms with Crippen LogP contribution >= 0.6 is 12.2 Å². The minimum atomic E-state index is -1.15. The minimum Gasteiger partial charge on any atom is -0.508 e. The summed E-state index contributed by atoms with van der Waals surface area (Å²) in [6.07, 6.45) is 0.673. The van der Waals surface area contributed by atoms with Gasteiger partial charge in [0.2, 0.25) is 5.39 Å². The second-order valence-corrected chi connectivity index (χ2v) is 9.19. The molecule has 0 fully saturated rings. The fraction of sp³-hybridized carbons (Fsp3) is 0.0690. The monoisotopic (exact) mass is 537 g/mol. The molecule has 0 bridgehead atoms. The summed E-state index contributed by atoms with van der Waals surface area (Å²) in [4.78, 5) is 27.5. The quantitative estimate of drug-likeness (QED) is 0.117.